The molecule has 0 aliphatic carbocycles. The molecule has 2 aromatic carbocycles. The van der Waals surface area contributed by atoms with Gasteiger partial charge in [-0.25, -0.2) is 13.4 Å². The van der Waals surface area contributed by atoms with E-state index in [1.807, 2.05) is 43.9 Å². The van der Waals surface area contributed by atoms with Crippen LogP contribution in [0.2, 0.25) is 0 Å². The Hall–Kier alpha value is -2.81. The molecule has 0 unspecified atom stereocenters. The fraction of sp³-hybridized carbons (Fsp3) is 0.500. The first kappa shape index (κ1) is 28.2. The first-order valence-electron chi connectivity index (χ1n) is 13.3. The van der Waals surface area contributed by atoms with Gasteiger partial charge in [-0.05, 0) is 69.0 Å². The minimum atomic E-state index is -3.77. The Bertz CT molecular complexity index is 1270. The molecule has 0 saturated carbocycles. The van der Waals surface area contributed by atoms with Gasteiger partial charge in [0.1, 0.15) is 0 Å². The number of hydrogen-bond acceptors (Lipinski definition) is 7. The number of benzene rings is 2. The lowest BCUT2D eigenvalue weighted by molar-refractivity contribution is -0.118. The number of piperidine rings is 1. The average molecular weight is 539 g/mol. The van der Waals surface area contributed by atoms with Crippen LogP contribution in [0.15, 0.2) is 47.4 Å². The normalized spacial score (nSPS) is 21.6. The summed E-state index contributed by atoms with van der Waals surface area (Å²) in [4.78, 5) is 15.1. The van der Waals surface area contributed by atoms with Crippen molar-refractivity contribution >= 4 is 21.6 Å². The van der Waals surface area contributed by atoms with Gasteiger partial charge in [0.25, 0.3) is 0 Å². The van der Waals surface area contributed by atoms with Crippen LogP contribution >= 0.6 is 0 Å². The highest BCUT2D eigenvalue weighted by molar-refractivity contribution is 7.89. The summed E-state index contributed by atoms with van der Waals surface area (Å²) in [6.45, 7) is 9.64. The van der Waals surface area contributed by atoms with Crippen LogP contribution in [0.25, 0.3) is 0 Å². The number of hydrogen-bond donors (Lipinski definition) is 2. The van der Waals surface area contributed by atoms with Gasteiger partial charge >= 0.3 is 0 Å². The molecule has 2 heterocycles. The molecule has 0 bridgehead atoms. The van der Waals surface area contributed by atoms with Gasteiger partial charge in [-0.2, -0.15) is 9.57 Å². The van der Waals surface area contributed by atoms with Gasteiger partial charge in [-0.15, -0.1) is 0 Å². The van der Waals surface area contributed by atoms with Crippen molar-refractivity contribution in [3.05, 3.63) is 59.2 Å². The van der Waals surface area contributed by atoms with Crippen molar-refractivity contribution in [3.8, 4) is 6.07 Å². The van der Waals surface area contributed by atoms with Crippen molar-refractivity contribution in [1.82, 2.24) is 19.6 Å². The fourth-order valence-corrected chi connectivity index (χ4v) is 7.37. The van der Waals surface area contributed by atoms with Crippen molar-refractivity contribution in [1.29, 1.82) is 5.26 Å². The number of amides is 1. The number of nitrogens with zero attached hydrogens (tertiary/aromatic N) is 4. The predicted molar refractivity (Wildman–Crippen MR) is 148 cm³/mol. The van der Waals surface area contributed by atoms with Gasteiger partial charge in [-0.1, -0.05) is 24.6 Å². The molecule has 10 heteroatoms. The van der Waals surface area contributed by atoms with Crippen molar-refractivity contribution in [2.24, 2.45) is 0 Å². The second-order valence-electron chi connectivity index (χ2n) is 10.4. The summed E-state index contributed by atoms with van der Waals surface area (Å²) in [5, 5.41) is 14.5. The van der Waals surface area contributed by atoms with E-state index in [4.69, 9.17) is 0 Å². The summed E-state index contributed by atoms with van der Waals surface area (Å²) in [7, 11) is -3.77. The molecular formula is C28H38N6O3S. The number of carbonyl (C=O) groups is 1. The molecule has 2 fully saturated rings. The van der Waals surface area contributed by atoms with Crippen LogP contribution < -0.4 is 10.7 Å². The molecule has 2 aliphatic heterocycles. The number of piperazine rings is 1. The highest BCUT2D eigenvalue weighted by Gasteiger charge is 2.39. The Morgan fingerprint density at radius 2 is 1.74 bits per heavy atom. The molecule has 2 saturated heterocycles. The van der Waals surface area contributed by atoms with E-state index in [0.717, 1.165) is 36.4 Å². The number of sulfonamides is 1. The van der Waals surface area contributed by atoms with Crippen molar-refractivity contribution in [2.45, 2.75) is 63.6 Å². The highest BCUT2D eigenvalue weighted by Crippen LogP contribution is 2.26. The Morgan fingerprint density at radius 3 is 2.42 bits per heavy atom. The average Bonchev–Trinajstić information content (AvgIpc) is 2.89. The molecule has 204 valence electrons. The van der Waals surface area contributed by atoms with E-state index in [1.165, 1.54) is 35.7 Å². The largest absolute Gasteiger partial charge is 0.325 e. The predicted octanol–water partition coefficient (Wildman–Crippen LogP) is 3.08. The molecule has 2 aliphatic rings. The molecule has 4 rings (SSSR count). The van der Waals surface area contributed by atoms with Crippen LogP contribution in [0.4, 0.5) is 5.69 Å². The maximum Gasteiger partial charge on any atom is 0.243 e. The van der Waals surface area contributed by atoms with E-state index < -0.39 is 10.0 Å². The number of carbonyl (C=O) groups excluding carboxylic acids is 1. The van der Waals surface area contributed by atoms with Gasteiger partial charge in [0.05, 0.1) is 23.1 Å². The summed E-state index contributed by atoms with van der Waals surface area (Å²) in [6.07, 6.45) is 3.72. The number of rotatable bonds is 8. The Morgan fingerprint density at radius 1 is 1.05 bits per heavy atom. The van der Waals surface area contributed by atoms with Crippen molar-refractivity contribution in [2.75, 3.05) is 38.0 Å². The summed E-state index contributed by atoms with van der Waals surface area (Å²) in [5.74, 6) is -0.119. The van der Waals surface area contributed by atoms with Gasteiger partial charge in [0, 0.05) is 50.5 Å². The van der Waals surface area contributed by atoms with Gasteiger partial charge in [0.15, 0.2) is 0 Å². The molecule has 0 aromatic heterocycles. The third-order valence-electron chi connectivity index (χ3n) is 7.39. The maximum atomic E-state index is 13.4. The van der Waals surface area contributed by atoms with Crippen LogP contribution in [0.1, 0.15) is 49.8 Å². The zero-order valence-corrected chi connectivity index (χ0v) is 23.3. The van der Waals surface area contributed by atoms with Gasteiger partial charge in [-0.3, -0.25) is 15.1 Å². The minimum absolute atomic E-state index is 0.117. The number of hydrazine groups is 1. The van der Waals surface area contributed by atoms with Crippen LogP contribution in [0.5, 0.6) is 0 Å². The molecule has 0 spiro atoms. The molecule has 0 radical (unpaired) electrons. The topological polar surface area (TPSA) is 109 Å². The fourth-order valence-electron chi connectivity index (χ4n) is 5.52. The summed E-state index contributed by atoms with van der Waals surface area (Å²) in [6, 6.07) is 13.4. The highest BCUT2D eigenvalue weighted by atomic mass is 32.2. The van der Waals surface area contributed by atoms with Crippen LogP contribution in [-0.2, 0) is 21.4 Å². The smallest absolute Gasteiger partial charge is 0.243 e. The van der Waals surface area contributed by atoms with E-state index in [0.29, 0.717) is 18.7 Å². The van der Waals surface area contributed by atoms with Crippen molar-refractivity contribution < 1.29 is 13.2 Å². The Kier molecular flexibility index (Phi) is 9.18. The van der Waals surface area contributed by atoms with E-state index in [2.05, 4.69) is 21.8 Å². The summed E-state index contributed by atoms with van der Waals surface area (Å²) >= 11 is 0. The molecule has 38 heavy (non-hydrogen) atoms. The second kappa shape index (κ2) is 12.4. The number of anilines is 1. The summed E-state index contributed by atoms with van der Waals surface area (Å²) < 4.78 is 28.3. The standard InChI is InChI=1S/C28H38N6O3S/c1-21-18-32(19-22(2)34(21)38(36,37)26-11-7-9-24(15-26)16-29)20-28(35)31-27-12-8-10-25(23(27)3)17-30-33-13-5-4-6-14-33/h7-12,15,21-22,30H,4-6,13-14,17-20H2,1-3H3,(H,31,35)/t21-,22+. The number of nitriles is 1. The number of nitrogens with one attached hydrogen (secondary N) is 2. The zero-order valence-electron chi connectivity index (χ0n) is 22.5. The van der Waals surface area contributed by atoms with Crippen LogP contribution in [-0.4, -0.2) is 73.3 Å². The molecule has 9 nitrogen and oxygen atoms in total. The zero-order chi connectivity index (χ0) is 27.3. The third kappa shape index (κ3) is 6.60. The first-order valence-corrected chi connectivity index (χ1v) is 14.8. The lowest BCUT2D eigenvalue weighted by Crippen LogP contribution is -2.59. The van der Waals surface area contributed by atoms with Crippen molar-refractivity contribution in [3.63, 3.8) is 0 Å². The Balaban J connectivity index is 1.36. The van der Waals surface area contributed by atoms with Crippen LogP contribution in [0.3, 0.4) is 0 Å². The Labute approximate surface area is 226 Å². The van der Waals surface area contributed by atoms with Gasteiger partial charge < -0.3 is 5.32 Å². The quantitative estimate of drug-likeness (QED) is 0.532. The van der Waals surface area contributed by atoms with E-state index in [9.17, 15) is 18.5 Å². The first-order chi connectivity index (χ1) is 18.2. The second-order valence-corrected chi connectivity index (χ2v) is 12.2. The van der Waals surface area contributed by atoms with E-state index in [-0.39, 0.29) is 29.4 Å². The lowest BCUT2D eigenvalue weighted by Gasteiger charge is -2.43. The molecule has 2 N–H and O–H groups in total. The third-order valence-corrected chi connectivity index (χ3v) is 9.51. The molecule has 2 aromatic rings. The molecule has 1 amide bonds. The monoisotopic (exact) mass is 538 g/mol. The molecular weight excluding hydrogens is 500 g/mol. The SMILES string of the molecule is Cc1c(CNN2CCCCC2)cccc1NC(=O)CN1C[C@@H](C)N(S(=O)(=O)c2cccc(C#N)c2)[C@@H](C)C1. The lowest BCUT2D eigenvalue weighted by atomic mass is 10.1. The molecule has 2 atom stereocenters. The maximum absolute atomic E-state index is 13.4. The van der Waals surface area contributed by atoms with Gasteiger partial charge in [0.2, 0.25) is 15.9 Å². The summed E-state index contributed by atoms with van der Waals surface area (Å²) in [5.41, 5.74) is 6.81. The van der Waals surface area contributed by atoms with E-state index >= 15 is 0 Å². The minimum Gasteiger partial charge on any atom is -0.325 e. The van der Waals surface area contributed by atoms with Crippen LogP contribution in [0, 0.1) is 18.3 Å². The van der Waals surface area contributed by atoms with E-state index in [1.54, 1.807) is 12.1 Å².